The molecule has 7 heteroatoms. The van der Waals surface area contributed by atoms with Gasteiger partial charge in [-0.15, -0.1) is 11.3 Å². The number of rotatable bonds is 3. The molecule has 0 N–H and O–H groups in total. The number of carbonyl (C=O) groups excluding carboxylic acids is 1. The predicted molar refractivity (Wildman–Crippen MR) is 87.3 cm³/mol. The Morgan fingerprint density at radius 1 is 1.35 bits per heavy atom. The lowest BCUT2D eigenvalue weighted by Crippen LogP contribution is -2.43. The Morgan fingerprint density at radius 3 is 2.87 bits per heavy atom. The van der Waals surface area contributed by atoms with Gasteiger partial charge >= 0.3 is 0 Å². The fourth-order valence-electron chi connectivity index (χ4n) is 2.72. The van der Waals surface area contributed by atoms with Crippen LogP contribution in [0.2, 0.25) is 0 Å². The molecule has 0 aromatic carbocycles. The number of hydrogen-bond acceptors (Lipinski definition) is 6. The molecule has 122 valence electrons. The van der Waals surface area contributed by atoms with Gasteiger partial charge in [-0.1, -0.05) is 0 Å². The SMILES string of the molecule is Cc1cc([C@@H]2CN(C(=O)Cc3csc(C)n3)CCO2)nc(C)n1. The minimum Gasteiger partial charge on any atom is -0.368 e. The average Bonchev–Trinajstić information content (AvgIpc) is 2.91. The van der Waals surface area contributed by atoms with Crippen molar-refractivity contribution in [1.82, 2.24) is 19.9 Å². The topological polar surface area (TPSA) is 68.2 Å². The van der Waals surface area contributed by atoms with Crippen molar-refractivity contribution in [2.45, 2.75) is 33.3 Å². The highest BCUT2D eigenvalue weighted by molar-refractivity contribution is 7.09. The van der Waals surface area contributed by atoms with E-state index in [1.165, 1.54) is 0 Å². The summed E-state index contributed by atoms with van der Waals surface area (Å²) in [6, 6.07) is 1.93. The van der Waals surface area contributed by atoms with Crippen molar-refractivity contribution >= 4 is 17.2 Å². The first-order valence-corrected chi connectivity index (χ1v) is 8.52. The molecule has 0 aliphatic carbocycles. The van der Waals surface area contributed by atoms with Crippen LogP contribution in [0, 0.1) is 20.8 Å². The molecule has 1 saturated heterocycles. The monoisotopic (exact) mass is 332 g/mol. The predicted octanol–water partition coefficient (Wildman–Crippen LogP) is 2.00. The highest BCUT2D eigenvalue weighted by Gasteiger charge is 2.27. The lowest BCUT2D eigenvalue weighted by atomic mass is 10.1. The molecule has 1 amide bonds. The van der Waals surface area contributed by atoms with Gasteiger partial charge in [-0.05, 0) is 26.8 Å². The molecule has 2 aromatic rings. The van der Waals surface area contributed by atoms with Crippen molar-refractivity contribution in [2.24, 2.45) is 0 Å². The molecule has 2 aromatic heterocycles. The summed E-state index contributed by atoms with van der Waals surface area (Å²) < 4.78 is 5.81. The van der Waals surface area contributed by atoms with Gasteiger partial charge in [-0.3, -0.25) is 4.79 Å². The van der Waals surface area contributed by atoms with Crippen molar-refractivity contribution < 1.29 is 9.53 Å². The van der Waals surface area contributed by atoms with E-state index in [-0.39, 0.29) is 12.0 Å². The number of nitrogens with zero attached hydrogens (tertiary/aromatic N) is 4. The molecule has 0 unspecified atom stereocenters. The van der Waals surface area contributed by atoms with Gasteiger partial charge in [0.05, 0.1) is 36.0 Å². The first-order chi connectivity index (χ1) is 11.0. The quantitative estimate of drug-likeness (QED) is 0.860. The normalized spacial score (nSPS) is 18.2. The summed E-state index contributed by atoms with van der Waals surface area (Å²) >= 11 is 1.57. The van der Waals surface area contributed by atoms with E-state index in [9.17, 15) is 4.79 Å². The summed E-state index contributed by atoms with van der Waals surface area (Å²) in [7, 11) is 0. The van der Waals surface area contributed by atoms with E-state index in [1.807, 2.05) is 37.1 Å². The van der Waals surface area contributed by atoms with E-state index in [0.29, 0.717) is 26.1 Å². The third-order valence-corrected chi connectivity index (χ3v) is 4.56. The van der Waals surface area contributed by atoms with Crippen molar-refractivity contribution in [3.05, 3.63) is 39.4 Å². The third-order valence-electron chi connectivity index (χ3n) is 3.73. The van der Waals surface area contributed by atoms with Gasteiger partial charge in [-0.2, -0.15) is 0 Å². The van der Waals surface area contributed by atoms with Gasteiger partial charge in [-0.25, -0.2) is 15.0 Å². The summed E-state index contributed by atoms with van der Waals surface area (Å²) in [5.41, 5.74) is 2.60. The molecule has 0 saturated carbocycles. The molecule has 23 heavy (non-hydrogen) atoms. The number of ether oxygens (including phenoxy) is 1. The molecule has 1 aliphatic heterocycles. The van der Waals surface area contributed by atoms with Crippen LogP contribution >= 0.6 is 11.3 Å². The van der Waals surface area contributed by atoms with E-state index < -0.39 is 0 Å². The molecule has 0 radical (unpaired) electrons. The summed E-state index contributed by atoms with van der Waals surface area (Å²) in [4.78, 5) is 27.4. The van der Waals surface area contributed by atoms with E-state index >= 15 is 0 Å². The number of amides is 1. The van der Waals surface area contributed by atoms with E-state index in [1.54, 1.807) is 11.3 Å². The maximum absolute atomic E-state index is 12.5. The Hall–Kier alpha value is -1.86. The zero-order valence-electron chi connectivity index (χ0n) is 13.6. The highest BCUT2D eigenvalue weighted by atomic mass is 32.1. The molecular formula is C16H20N4O2S. The Labute approximate surface area is 139 Å². The van der Waals surface area contributed by atoms with Gasteiger partial charge in [0.25, 0.3) is 0 Å². The molecule has 0 bridgehead atoms. The van der Waals surface area contributed by atoms with Crippen LogP contribution in [-0.2, 0) is 16.0 Å². The van der Waals surface area contributed by atoms with Crippen molar-refractivity contribution in [3.8, 4) is 0 Å². The number of aromatic nitrogens is 3. The Morgan fingerprint density at radius 2 is 2.17 bits per heavy atom. The minimum atomic E-state index is -0.190. The average molecular weight is 332 g/mol. The second kappa shape index (κ2) is 6.72. The Kier molecular flexibility index (Phi) is 4.68. The fourth-order valence-corrected chi connectivity index (χ4v) is 3.33. The fraction of sp³-hybridized carbons (Fsp3) is 0.500. The zero-order chi connectivity index (χ0) is 16.4. The first kappa shape index (κ1) is 16.0. The van der Waals surface area contributed by atoms with Crippen LogP contribution in [0.4, 0.5) is 0 Å². The first-order valence-electron chi connectivity index (χ1n) is 7.64. The van der Waals surface area contributed by atoms with Gasteiger partial charge in [0.2, 0.25) is 5.91 Å². The molecule has 3 heterocycles. The molecule has 1 fully saturated rings. The second-order valence-electron chi connectivity index (χ2n) is 5.72. The summed E-state index contributed by atoms with van der Waals surface area (Å²) in [6.07, 6.45) is 0.157. The van der Waals surface area contributed by atoms with Gasteiger partial charge in [0.15, 0.2) is 0 Å². The molecule has 1 atom stereocenters. The minimum absolute atomic E-state index is 0.0890. The van der Waals surface area contributed by atoms with E-state index in [2.05, 4.69) is 15.0 Å². The number of carbonyl (C=O) groups is 1. The number of thiazole rings is 1. The van der Waals surface area contributed by atoms with Crippen molar-refractivity contribution in [1.29, 1.82) is 0 Å². The summed E-state index contributed by atoms with van der Waals surface area (Å²) in [5.74, 6) is 0.816. The second-order valence-corrected chi connectivity index (χ2v) is 6.78. The molecule has 3 rings (SSSR count). The smallest absolute Gasteiger partial charge is 0.228 e. The lowest BCUT2D eigenvalue weighted by molar-refractivity contribution is -0.138. The van der Waals surface area contributed by atoms with E-state index in [4.69, 9.17) is 4.74 Å². The largest absolute Gasteiger partial charge is 0.368 e. The van der Waals surface area contributed by atoms with Gasteiger partial charge < -0.3 is 9.64 Å². The van der Waals surface area contributed by atoms with Crippen LogP contribution in [0.1, 0.15) is 34.0 Å². The molecule has 1 aliphatic rings. The molecular weight excluding hydrogens is 312 g/mol. The summed E-state index contributed by atoms with van der Waals surface area (Å²) in [6.45, 7) is 7.42. The zero-order valence-corrected chi connectivity index (χ0v) is 14.4. The standard InChI is InChI=1S/C16H20N4O2S/c1-10-6-14(18-11(2)17-10)15-8-20(4-5-22-15)16(21)7-13-9-23-12(3)19-13/h6,9,15H,4-5,7-8H2,1-3H3/t15-/m0/s1. The van der Waals surface area contributed by atoms with E-state index in [0.717, 1.165) is 27.9 Å². The molecule has 6 nitrogen and oxygen atoms in total. The Bertz CT molecular complexity index is 696. The van der Waals surface area contributed by atoms with Crippen LogP contribution in [0.25, 0.3) is 0 Å². The van der Waals surface area contributed by atoms with Crippen molar-refractivity contribution in [2.75, 3.05) is 19.7 Å². The number of hydrogen-bond donors (Lipinski definition) is 0. The van der Waals surface area contributed by atoms with Crippen LogP contribution in [0.3, 0.4) is 0 Å². The van der Waals surface area contributed by atoms with Gasteiger partial charge in [0, 0.05) is 17.6 Å². The van der Waals surface area contributed by atoms with Crippen LogP contribution < -0.4 is 0 Å². The number of morpholine rings is 1. The van der Waals surface area contributed by atoms with Crippen LogP contribution in [0.15, 0.2) is 11.4 Å². The Balaban J connectivity index is 1.69. The van der Waals surface area contributed by atoms with Gasteiger partial charge in [0.1, 0.15) is 11.9 Å². The maximum Gasteiger partial charge on any atom is 0.228 e. The van der Waals surface area contributed by atoms with Crippen LogP contribution in [0.5, 0.6) is 0 Å². The highest BCUT2D eigenvalue weighted by Crippen LogP contribution is 2.22. The number of aryl methyl sites for hydroxylation is 3. The third kappa shape index (κ3) is 3.92. The maximum atomic E-state index is 12.5. The summed E-state index contributed by atoms with van der Waals surface area (Å²) in [5, 5.41) is 2.93. The van der Waals surface area contributed by atoms with Crippen LogP contribution in [-0.4, -0.2) is 45.5 Å². The molecule has 0 spiro atoms. The lowest BCUT2D eigenvalue weighted by Gasteiger charge is -2.32. The van der Waals surface area contributed by atoms with Crippen molar-refractivity contribution in [3.63, 3.8) is 0 Å².